The predicted molar refractivity (Wildman–Crippen MR) is 87.6 cm³/mol. The summed E-state index contributed by atoms with van der Waals surface area (Å²) in [6, 6.07) is 8.71. The molecule has 1 heterocycles. The van der Waals surface area contributed by atoms with Crippen LogP contribution in [0.3, 0.4) is 0 Å². The third-order valence-electron chi connectivity index (χ3n) is 4.39. The molecule has 0 amide bonds. The van der Waals surface area contributed by atoms with Gasteiger partial charge in [-0.15, -0.1) is 0 Å². The SMILES string of the molecule is CCN(CC(C)(C)N1CCNCC1)c1ccccc1C. The summed E-state index contributed by atoms with van der Waals surface area (Å²) in [4.78, 5) is 5.13. The Labute approximate surface area is 124 Å². The maximum absolute atomic E-state index is 3.44. The monoisotopic (exact) mass is 275 g/mol. The summed E-state index contributed by atoms with van der Waals surface area (Å²) < 4.78 is 0. The standard InChI is InChI=1S/C17H29N3/c1-5-19(16-9-7-6-8-15(16)2)14-17(3,4)20-12-10-18-11-13-20/h6-9,18H,5,10-14H2,1-4H3. The topological polar surface area (TPSA) is 18.5 Å². The van der Waals surface area contributed by atoms with E-state index in [0.717, 1.165) is 39.3 Å². The van der Waals surface area contributed by atoms with Gasteiger partial charge in [0.15, 0.2) is 0 Å². The molecule has 0 bridgehead atoms. The summed E-state index contributed by atoms with van der Waals surface area (Å²) >= 11 is 0. The van der Waals surface area contributed by atoms with Gasteiger partial charge < -0.3 is 10.2 Å². The third-order valence-corrected chi connectivity index (χ3v) is 4.39. The first-order chi connectivity index (χ1) is 9.54. The van der Waals surface area contributed by atoms with Crippen molar-refractivity contribution in [2.45, 2.75) is 33.2 Å². The van der Waals surface area contributed by atoms with Crippen LogP contribution >= 0.6 is 0 Å². The zero-order valence-corrected chi connectivity index (χ0v) is 13.4. The van der Waals surface area contributed by atoms with Crippen molar-refractivity contribution >= 4 is 5.69 Å². The van der Waals surface area contributed by atoms with Gasteiger partial charge in [-0.3, -0.25) is 4.90 Å². The number of benzene rings is 1. The lowest BCUT2D eigenvalue weighted by atomic mass is 10.00. The van der Waals surface area contributed by atoms with Crippen molar-refractivity contribution in [2.24, 2.45) is 0 Å². The number of rotatable bonds is 5. The minimum atomic E-state index is 0.209. The minimum Gasteiger partial charge on any atom is -0.370 e. The summed E-state index contributed by atoms with van der Waals surface area (Å²) in [5.41, 5.74) is 2.95. The summed E-state index contributed by atoms with van der Waals surface area (Å²) in [6.45, 7) is 15.9. The quantitative estimate of drug-likeness (QED) is 0.891. The van der Waals surface area contributed by atoms with E-state index in [4.69, 9.17) is 0 Å². The van der Waals surface area contributed by atoms with Crippen LogP contribution < -0.4 is 10.2 Å². The highest BCUT2D eigenvalue weighted by Crippen LogP contribution is 2.24. The molecule has 3 nitrogen and oxygen atoms in total. The maximum Gasteiger partial charge on any atom is 0.0396 e. The Morgan fingerprint density at radius 3 is 2.45 bits per heavy atom. The molecular formula is C17H29N3. The number of para-hydroxylation sites is 1. The Balaban J connectivity index is 2.10. The molecule has 0 atom stereocenters. The lowest BCUT2D eigenvalue weighted by molar-refractivity contribution is 0.108. The third kappa shape index (κ3) is 3.53. The smallest absolute Gasteiger partial charge is 0.0396 e. The van der Waals surface area contributed by atoms with Crippen LogP contribution in [0.1, 0.15) is 26.3 Å². The number of piperazine rings is 1. The lowest BCUT2D eigenvalue weighted by Gasteiger charge is -2.44. The second-order valence-electron chi connectivity index (χ2n) is 6.35. The van der Waals surface area contributed by atoms with E-state index in [0.29, 0.717) is 0 Å². The van der Waals surface area contributed by atoms with Gasteiger partial charge >= 0.3 is 0 Å². The lowest BCUT2D eigenvalue weighted by Crippen LogP contribution is -2.57. The number of nitrogens with zero attached hydrogens (tertiary/aromatic N) is 2. The zero-order chi connectivity index (χ0) is 14.6. The van der Waals surface area contributed by atoms with Crippen LogP contribution in [0.15, 0.2) is 24.3 Å². The van der Waals surface area contributed by atoms with Gasteiger partial charge in [0.25, 0.3) is 0 Å². The fourth-order valence-corrected chi connectivity index (χ4v) is 3.12. The number of hydrogen-bond donors (Lipinski definition) is 1. The Hall–Kier alpha value is -1.06. The molecule has 1 N–H and O–H groups in total. The molecule has 1 saturated heterocycles. The van der Waals surface area contributed by atoms with Gasteiger partial charge in [-0.2, -0.15) is 0 Å². The molecule has 1 aliphatic rings. The molecule has 1 aromatic carbocycles. The molecule has 0 aromatic heterocycles. The maximum atomic E-state index is 3.44. The van der Waals surface area contributed by atoms with Gasteiger partial charge in [0.2, 0.25) is 0 Å². The minimum absolute atomic E-state index is 0.209. The van der Waals surface area contributed by atoms with E-state index in [9.17, 15) is 0 Å². The van der Waals surface area contributed by atoms with E-state index in [1.807, 2.05) is 0 Å². The average molecular weight is 275 g/mol. The van der Waals surface area contributed by atoms with Gasteiger partial charge in [0.05, 0.1) is 0 Å². The Bertz CT molecular complexity index is 422. The van der Waals surface area contributed by atoms with Gasteiger partial charge in [-0.05, 0) is 39.3 Å². The molecule has 0 unspecified atom stereocenters. The van der Waals surface area contributed by atoms with E-state index in [1.165, 1.54) is 11.3 Å². The first-order valence-corrected chi connectivity index (χ1v) is 7.81. The molecule has 0 saturated carbocycles. The van der Waals surface area contributed by atoms with Crippen LogP contribution in [-0.2, 0) is 0 Å². The first-order valence-electron chi connectivity index (χ1n) is 7.81. The highest BCUT2D eigenvalue weighted by molar-refractivity contribution is 5.53. The fourth-order valence-electron chi connectivity index (χ4n) is 3.12. The normalized spacial score (nSPS) is 17.2. The Kier molecular flexibility index (Phi) is 5.06. The molecule has 0 radical (unpaired) electrons. The Morgan fingerprint density at radius 2 is 1.85 bits per heavy atom. The number of hydrogen-bond acceptors (Lipinski definition) is 3. The number of nitrogens with one attached hydrogen (secondary N) is 1. The van der Waals surface area contributed by atoms with Crippen molar-refractivity contribution in [3.63, 3.8) is 0 Å². The van der Waals surface area contributed by atoms with Crippen molar-refractivity contribution in [3.8, 4) is 0 Å². The van der Waals surface area contributed by atoms with Crippen LogP contribution in [0.25, 0.3) is 0 Å². The zero-order valence-electron chi connectivity index (χ0n) is 13.4. The highest BCUT2D eigenvalue weighted by atomic mass is 15.3. The summed E-state index contributed by atoms with van der Waals surface area (Å²) in [6.07, 6.45) is 0. The second kappa shape index (κ2) is 6.59. The van der Waals surface area contributed by atoms with Crippen molar-refractivity contribution in [1.82, 2.24) is 10.2 Å². The molecular weight excluding hydrogens is 246 g/mol. The van der Waals surface area contributed by atoms with Gasteiger partial charge in [0.1, 0.15) is 0 Å². The van der Waals surface area contributed by atoms with Crippen LogP contribution in [-0.4, -0.2) is 49.7 Å². The Morgan fingerprint density at radius 1 is 1.20 bits per heavy atom. The van der Waals surface area contributed by atoms with E-state index in [-0.39, 0.29) is 5.54 Å². The van der Waals surface area contributed by atoms with Crippen molar-refractivity contribution in [3.05, 3.63) is 29.8 Å². The van der Waals surface area contributed by atoms with Crippen LogP contribution in [0.2, 0.25) is 0 Å². The average Bonchev–Trinajstić information content (AvgIpc) is 2.46. The van der Waals surface area contributed by atoms with Crippen LogP contribution in [0.5, 0.6) is 0 Å². The molecule has 1 fully saturated rings. The molecule has 20 heavy (non-hydrogen) atoms. The van der Waals surface area contributed by atoms with E-state index >= 15 is 0 Å². The molecule has 2 rings (SSSR count). The highest BCUT2D eigenvalue weighted by Gasteiger charge is 2.29. The molecule has 3 heteroatoms. The van der Waals surface area contributed by atoms with E-state index < -0.39 is 0 Å². The molecule has 1 aromatic rings. The van der Waals surface area contributed by atoms with E-state index in [2.05, 4.69) is 67.1 Å². The molecule has 0 spiro atoms. The first kappa shape index (κ1) is 15.3. The molecule has 0 aliphatic carbocycles. The van der Waals surface area contributed by atoms with Crippen LogP contribution in [0.4, 0.5) is 5.69 Å². The van der Waals surface area contributed by atoms with Crippen molar-refractivity contribution in [1.29, 1.82) is 0 Å². The second-order valence-corrected chi connectivity index (χ2v) is 6.35. The van der Waals surface area contributed by atoms with Gasteiger partial charge in [-0.25, -0.2) is 0 Å². The number of anilines is 1. The molecule has 112 valence electrons. The fraction of sp³-hybridized carbons (Fsp3) is 0.647. The number of aryl methyl sites for hydroxylation is 1. The van der Waals surface area contributed by atoms with Gasteiger partial charge in [0, 0.05) is 50.5 Å². The predicted octanol–water partition coefficient (Wildman–Crippen LogP) is 2.51. The number of likely N-dealkylation sites (N-methyl/N-ethyl adjacent to an activating group) is 1. The molecule has 1 aliphatic heterocycles. The summed E-state index contributed by atoms with van der Waals surface area (Å²) in [5.74, 6) is 0. The van der Waals surface area contributed by atoms with Crippen molar-refractivity contribution in [2.75, 3.05) is 44.2 Å². The van der Waals surface area contributed by atoms with Gasteiger partial charge in [-0.1, -0.05) is 18.2 Å². The van der Waals surface area contributed by atoms with Crippen molar-refractivity contribution < 1.29 is 0 Å². The van der Waals surface area contributed by atoms with Crippen LogP contribution in [0, 0.1) is 6.92 Å². The summed E-state index contributed by atoms with van der Waals surface area (Å²) in [7, 11) is 0. The summed E-state index contributed by atoms with van der Waals surface area (Å²) in [5, 5.41) is 3.44. The largest absolute Gasteiger partial charge is 0.370 e. The van der Waals surface area contributed by atoms with E-state index in [1.54, 1.807) is 0 Å².